The van der Waals surface area contributed by atoms with Crippen LogP contribution in [-0.2, 0) is 14.3 Å². The van der Waals surface area contributed by atoms with Crippen LogP contribution in [0.2, 0.25) is 5.02 Å². The van der Waals surface area contributed by atoms with Crippen molar-refractivity contribution in [1.29, 1.82) is 0 Å². The third-order valence-corrected chi connectivity index (χ3v) is 8.13. The van der Waals surface area contributed by atoms with Gasteiger partial charge in [0.25, 0.3) is 0 Å². The normalized spacial score (nSPS) is 20.5. The Bertz CT molecular complexity index is 1550. The molecule has 2 bridgehead atoms. The Kier molecular flexibility index (Phi) is 9.00. The second kappa shape index (κ2) is 12.9. The Morgan fingerprint density at radius 1 is 1.14 bits per heavy atom. The van der Waals surface area contributed by atoms with Crippen molar-refractivity contribution in [3.05, 3.63) is 70.6 Å². The number of aromatic nitrogens is 1. The highest BCUT2D eigenvalue weighted by atomic mass is 35.5. The van der Waals surface area contributed by atoms with E-state index in [9.17, 15) is 14.4 Å². The number of rotatable bonds is 4. The number of carbonyl (C=O) groups excluding carboxylic acids is 3. The molecule has 1 aromatic heterocycles. The van der Waals surface area contributed by atoms with E-state index in [2.05, 4.69) is 15.6 Å². The Balaban J connectivity index is 1.48. The third-order valence-electron chi connectivity index (χ3n) is 7.84. The zero-order chi connectivity index (χ0) is 30.7. The van der Waals surface area contributed by atoms with Gasteiger partial charge in [-0.2, -0.15) is 0 Å². The van der Waals surface area contributed by atoms with Gasteiger partial charge in [-0.1, -0.05) is 24.9 Å². The van der Waals surface area contributed by atoms with Gasteiger partial charge < -0.3 is 24.4 Å². The van der Waals surface area contributed by atoms with Gasteiger partial charge in [-0.3, -0.25) is 15.1 Å². The van der Waals surface area contributed by atoms with Gasteiger partial charge in [0.05, 0.1) is 42.2 Å². The van der Waals surface area contributed by atoms with E-state index < -0.39 is 24.1 Å². The molecule has 43 heavy (non-hydrogen) atoms. The lowest BCUT2D eigenvalue weighted by Gasteiger charge is -2.38. The quantitative estimate of drug-likeness (QED) is 0.323. The van der Waals surface area contributed by atoms with Gasteiger partial charge in [0, 0.05) is 36.3 Å². The van der Waals surface area contributed by atoms with Crippen LogP contribution in [-0.4, -0.2) is 48.7 Å². The molecule has 3 atom stereocenters. The van der Waals surface area contributed by atoms with Crippen molar-refractivity contribution in [2.75, 3.05) is 31.4 Å². The third kappa shape index (κ3) is 6.36. The fraction of sp³-hybridized carbons (Fsp3) is 0.355. The lowest BCUT2D eigenvalue weighted by molar-refractivity contribution is -0.119. The van der Waals surface area contributed by atoms with Crippen LogP contribution in [0.15, 0.2) is 48.7 Å². The molecule has 2 aliphatic rings. The van der Waals surface area contributed by atoms with Gasteiger partial charge in [0.15, 0.2) is 5.82 Å². The molecule has 2 aromatic carbocycles. The standard InChI is InChI=1S/C31H32ClFN4O6/c1-17-5-4-6-24(37-14-12-26(43-31(37)40)27-25(41-2)10-9-21(32)28(27)33)18-11-13-34-22(15-18)20-8-7-19(35-30(39)42-3)16-23(20)36-29(17)38/h7-11,13,15-17,24,26H,4-6,12,14H2,1-3H3,(H,35,39)(H,36,38)/t17-,24+,26-/m1/s1. The summed E-state index contributed by atoms with van der Waals surface area (Å²) >= 11 is 6.03. The Morgan fingerprint density at radius 3 is 2.70 bits per heavy atom. The highest BCUT2D eigenvalue weighted by Gasteiger charge is 2.37. The number of anilines is 2. The number of carbonyl (C=O) groups is 3. The van der Waals surface area contributed by atoms with Crippen molar-refractivity contribution in [2.24, 2.45) is 5.92 Å². The van der Waals surface area contributed by atoms with Crippen LogP contribution in [0.1, 0.15) is 55.9 Å². The zero-order valence-electron chi connectivity index (χ0n) is 24.0. The minimum Gasteiger partial charge on any atom is -0.496 e. The minimum absolute atomic E-state index is 0.0791. The van der Waals surface area contributed by atoms with Gasteiger partial charge in [-0.25, -0.2) is 14.0 Å². The number of methoxy groups -OCH3 is 2. The number of halogens is 2. The van der Waals surface area contributed by atoms with Crippen molar-refractivity contribution in [3.8, 4) is 17.0 Å². The topological polar surface area (TPSA) is 119 Å². The van der Waals surface area contributed by atoms with E-state index in [0.29, 0.717) is 54.9 Å². The summed E-state index contributed by atoms with van der Waals surface area (Å²) in [6, 6.07) is 11.4. The summed E-state index contributed by atoms with van der Waals surface area (Å²) in [5.41, 5.74) is 3.09. The maximum absolute atomic E-state index is 15.0. The molecular weight excluding hydrogens is 579 g/mol. The number of pyridine rings is 1. The van der Waals surface area contributed by atoms with E-state index in [1.165, 1.54) is 20.3 Å². The average Bonchev–Trinajstić information content (AvgIpc) is 3.00. The molecule has 1 saturated heterocycles. The molecule has 0 unspecified atom stereocenters. The second-order valence-corrected chi connectivity index (χ2v) is 10.9. The number of hydrogen-bond donors (Lipinski definition) is 2. The summed E-state index contributed by atoms with van der Waals surface area (Å²) in [4.78, 5) is 44.6. The van der Waals surface area contributed by atoms with E-state index in [0.717, 1.165) is 5.56 Å². The van der Waals surface area contributed by atoms with E-state index in [-0.39, 0.29) is 34.2 Å². The number of nitrogens with zero attached hydrogens (tertiary/aromatic N) is 2. The van der Waals surface area contributed by atoms with Crippen molar-refractivity contribution >= 4 is 41.1 Å². The Labute approximate surface area is 253 Å². The summed E-state index contributed by atoms with van der Waals surface area (Å²) < 4.78 is 30.8. The fourth-order valence-electron chi connectivity index (χ4n) is 5.53. The van der Waals surface area contributed by atoms with Crippen LogP contribution in [0.4, 0.5) is 25.4 Å². The van der Waals surface area contributed by atoms with Crippen molar-refractivity contribution < 1.29 is 33.0 Å². The predicted molar refractivity (Wildman–Crippen MR) is 159 cm³/mol. The van der Waals surface area contributed by atoms with Gasteiger partial charge in [0.1, 0.15) is 11.9 Å². The largest absolute Gasteiger partial charge is 0.496 e. The maximum atomic E-state index is 15.0. The van der Waals surface area contributed by atoms with Crippen molar-refractivity contribution in [1.82, 2.24) is 9.88 Å². The van der Waals surface area contributed by atoms with E-state index in [4.69, 9.17) is 25.8 Å². The molecular formula is C31H32ClFN4O6. The van der Waals surface area contributed by atoms with Crippen LogP contribution in [0.5, 0.6) is 5.75 Å². The van der Waals surface area contributed by atoms with E-state index >= 15 is 4.39 Å². The monoisotopic (exact) mass is 610 g/mol. The molecule has 3 aromatic rings. The first-order valence-electron chi connectivity index (χ1n) is 14.0. The number of ether oxygens (including phenoxy) is 3. The number of nitrogens with one attached hydrogen (secondary N) is 2. The van der Waals surface area contributed by atoms with Crippen LogP contribution < -0.4 is 15.4 Å². The average molecular weight is 611 g/mol. The minimum atomic E-state index is -0.861. The highest BCUT2D eigenvalue weighted by Crippen LogP contribution is 2.41. The summed E-state index contributed by atoms with van der Waals surface area (Å²) in [7, 11) is 2.69. The smallest absolute Gasteiger partial charge is 0.411 e. The molecule has 226 valence electrons. The molecule has 5 rings (SSSR count). The molecule has 2 N–H and O–H groups in total. The molecule has 0 radical (unpaired) electrons. The van der Waals surface area contributed by atoms with Crippen LogP contribution in [0.25, 0.3) is 11.3 Å². The van der Waals surface area contributed by atoms with Gasteiger partial charge in [-0.15, -0.1) is 0 Å². The number of hydrogen-bond acceptors (Lipinski definition) is 7. The first-order chi connectivity index (χ1) is 20.7. The highest BCUT2D eigenvalue weighted by molar-refractivity contribution is 6.30. The molecule has 12 heteroatoms. The van der Waals surface area contributed by atoms with E-state index in [1.807, 2.05) is 19.1 Å². The summed E-state index contributed by atoms with van der Waals surface area (Å²) in [6.45, 7) is 2.15. The molecule has 0 aliphatic carbocycles. The second-order valence-electron chi connectivity index (χ2n) is 10.5. The molecule has 1 fully saturated rings. The molecule has 10 nitrogen and oxygen atoms in total. The summed E-state index contributed by atoms with van der Waals surface area (Å²) in [5.74, 6) is -0.920. The fourth-order valence-corrected chi connectivity index (χ4v) is 5.70. The van der Waals surface area contributed by atoms with Gasteiger partial charge in [-0.05, 0) is 60.9 Å². The summed E-state index contributed by atoms with van der Waals surface area (Å²) in [5, 5.41) is 5.52. The molecule has 0 spiro atoms. The number of fused-ring (bicyclic) bond motifs is 4. The number of benzene rings is 2. The van der Waals surface area contributed by atoms with Crippen molar-refractivity contribution in [2.45, 2.75) is 44.8 Å². The molecule has 3 amide bonds. The van der Waals surface area contributed by atoms with Crippen molar-refractivity contribution in [3.63, 3.8) is 0 Å². The van der Waals surface area contributed by atoms with Crippen LogP contribution in [0.3, 0.4) is 0 Å². The number of cyclic esters (lactones) is 1. The molecule has 3 heterocycles. The molecule has 0 saturated carbocycles. The van der Waals surface area contributed by atoms with E-state index in [1.54, 1.807) is 35.4 Å². The SMILES string of the molecule is COC(=O)Nc1ccc2c(c1)NC(=O)[C@H](C)CCC[C@H](N1CC[C@H](c3c(OC)ccc(Cl)c3F)OC1=O)c1ccnc-2c1. The molecule has 2 aliphatic heterocycles. The van der Waals surface area contributed by atoms with Gasteiger partial charge >= 0.3 is 12.2 Å². The summed E-state index contributed by atoms with van der Waals surface area (Å²) in [6.07, 6.45) is 1.70. The zero-order valence-corrected chi connectivity index (χ0v) is 24.7. The van der Waals surface area contributed by atoms with Crippen LogP contribution >= 0.6 is 11.6 Å². The maximum Gasteiger partial charge on any atom is 0.411 e. The van der Waals surface area contributed by atoms with Crippen LogP contribution in [0, 0.1) is 11.7 Å². The Hall–Kier alpha value is -4.38. The lowest BCUT2D eigenvalue weighted by Crippen LogP contribution is -2.42. The first kappa shape index (κ1) is 30.1. The van der Waals surface area contributed by atoms with Gasteiger partial charge in [0.2, 0.25) is 5.91 Å². The number of amides is 3. The Morgan fingerprint density at radius 2 is 1.95 bits per heavy atom. The lowest BCUT2D eigenvalue weighted by atomic mass is 9.93. The predicted octanol–water partition coefficient (Wildman–Crippen LogP) is 7.11. The first-order valence-corrected chi connectivity index (χ1v) is 14.3.